The van der Waals surface area contributed by atoms with Gasteiger partial charge in [-0.1, -0.05) is 27.7 Å². The van der Waals surface area contributed by atoms with E-state index in [0.29, 0.717) is 0 Å². The SMILES string of the molecule is CC(=O)C(C(=O)C(C)C)C(C)C. The first-order valence-corrected chi connectivity index (χ1v) is 4.42. The van der Waals surface area contributed by atoms with Crippen LogP contribution in [0.1, 0.15) is 34.6 Å². The zero-order valence-corrected chi connectivity index (χ0v) is 8.55. The minimum atomic E-state index is -0.398. The van der Waals surface area contributed by atoms with E-state index in [1.165, 1.54) is 6.92 Å². The van der Waals surface area contributed by atoms with E-state index in [4.69, 9.17) is 0 Å². The fraction of sp³-hybridized carbons (Fsp3) is 0.800. The Balaban J connectivity index is 4.52. The highest BCUT2D eigenvalue weighted by atomic mass is 16.1. The summed E-state index contributed by atoms with van der Waals surface area (Å²) in [5.41, 5.74) is 0. The number of ketones is 2. The molecule has 0 aliphatic heterocycles. The lowest BCUT2D eigenvalue weighted by molar-refractivity contribution is -0.135. The molecule has 0 N–H and O–H groups in total. The van der Waals surface area contributed by atoms with Crippen molar-refractivity contribution in [1.29, 1.82) is 0 Å². The van der Waals surface area contributed by atoms with E-state index < -0.39 is 5.92 Å². The molecule has 0 radical (unpaired) electrons. The van der Waals surface area contributed by atoms with Crippen molar-refractivity contribution in [1.82, 2.24) is 0 Å². The van der Waals surface area contributed by atoms with E-state index in [2.05, 4.69) is 0 Å². The lowest BCUT2D eigenvalue weighted by Crippen LogP contribution is -2.30. The van der Waals surface area contributed by atoms with Gasteiger partial charge in [-0.3, -0.25) is 9.59 Å². The molecule has 0 aromatic carbocycles. The number of hydrogen-bond acceptors (Lipinski definition) is 2. The Kier molecular flexibility index (Phi) is 4.15. The quantitative estimate of drug-likeness (QED) is 0.605. The average Bonchev–Trinajstić information content (AvgIpc) is 1.85. The van der Waals surface area contributed by atoms with Crippen LogP contribution in [0.4, 0.5) is 0 Å². The molecule has 0 rings (SSSR count). The van der Waals surface area contributed by atoms with E-state index in [1.807, 2.05) is 27.7 Å². The summed E-state index contributed by atoms with van der Waals surface area (Å²) < 4.78 is 0. The van der Waals surface area contributed by atoms with Gasteiger partial charge in [0.25, 0.3) is 0 Å². The van der Waals surface area contributed by atoms with E-state index in [-0.39, 0.29) is 23.4 Å². The number of hydrogen-bond donors (Lipinski definition) is 0. The number of carbonyl (C=O) groups is 2. The van der Waals surface area contributed by atoms with Crippen LogP contribution in [-0.4, -0.2) is 11.6 Å². The van der Waals surface area contributed by atoms with E-state index in [0.717, 1.165) is 0 Å². The highest BCUT2D eigenvalue weighted by molar-refractivity contribution is 6.02. The molecule has 0 aromatic heterocycles. The molecule has 0 aliphatic carbocycles. The molecule has 0 bridgehead atoms. The number of rotatable bonds is 4. The number of Topliss-reactive ketones (excluding diaryl/α,β-unsaturated/α-hetero) is 2. The monoisotopic (exact) mass is 170 g/mol. The second-order valence-corrected chi connectivity index (χ2v) is 3.89. The van der Waals surface area contributed by atoms with Gasteiger partial charge in [0, 0.05) is 5.92 Å². The highest BCUT2D eigenvalue weighted by Crippen LogP contribution is 2.17. The lowest BCUT2D eigenvalue weighted by atomic mass is 9.84. The molecule has 2 heteroatoms. The van der Waals surface area contributed by atoms with Crippen LogP contribution in [-0.2, 0) is 9.59 Å². The van der Waals surface area contributed by atoms with Crippen LogP contribution in [0.25, 0.3) is 0 Å². The Morgan fingerprint density at radius 1 is 1.00 bits per heavy atom. The zero-order chi connectivity index (χ0) is 9.89. The predicted octanol–water partition coefficient (Wildman–Crippen LogP) is 2.07. The minimum absolute atomic E-state index is 0.0105. The van der Waals surface area contributed by atoms with Gasteiger partial charge in [0.2, 0.25) is 0 Å². The molecule has 1 unspecified atom stereocenters. The third-order valence-electron chi connectivity index (χ3n) is 1.98. The molecule has 0 heterocycles. The van der Waals surface area contributed by atoms with Crippen molar-refractivity contribution in [2.45, 2.75) is 34.6 Å². The molecule has 0 saturated carbocycles. The summed E-state index contributed by atoms with van der Waals surface area (Å²) in [7, 11) is 0. The molecule has 12 heavy (non-hydrogen) atoms. The van der Waals surface area contributed by atoms with Gasteiger partial charge >= 0.3 is 0 Å². The predicted molar refractivity (Wildman–Crippen MR) is 48.9 cm³/mol. The van der Waals surface area contributed by atoms with Crippen LogP contribution in [0.2, 0.25) is 0 Å². The molecule has 0 fully saturated rings. The van der Waals surface area contributed by atoms with Gasteiger partial charge in [-0.15, -0.1) is 0 Å². The van der Waals surface area contributed by atoms with Crippen LogP contribution in [0, 0.1) is 17.8 Å². The first kappa shape index (κ1) is 11.3. The molecular formula is C10H18O2. The summed E-state index contributed by atoms with van der Waals surface area (Å²) in [4.78, 5) is 22.6. The van der Waals surface area contributed by atoms with Gasteiger partial charge in [-0.2, -0.15) is 0 Å². The Bertz CT molecular complexity index is 180. The molecule has 70 valence electrons. The summed E-state index contributed by atoms with van der Waals surface area (Å²) >= 11 is 0. The molecule has 0 aliphatic rings. The average molecular weight is 170 g/mol. The third kappa shape index (κ3) is 2.76. The van der Waals surface area contributed by atoms with E-state index >= 15 is 0 Å². The zero-order valence-electron chi connectivity index (χ0n) is 8.55. The highest BCUT2D eigenvalue weighted by Gasteiger charge is 2.27. The summed E-state index contributed by atoms with van der Waals surface area (Å²) in [6.07, 6.45) is 0. The van der Waals surface area contributed by atoms with Crippen LogP contribution >= 0.6 is 0 Å². The van der Waals surface area contributed by atoms with Crippen molar-refractivity contribution in [3.63, 3.8) is 0 Å². The standard InChI is InChI=1S/C10H18O2/c1-6(2)9(8(5)11)10(12)7(3)4/h6-7,9H,1-5H3. The summed E-state index contributed by atoms with van der Waals surface area (Å²) in [6.45, 7) is 8.98. The normalized spacial score (nSPS) is 13.6. The maximum absolute atomic E-state index is 11.5. The van der Waals surface area contributed by atoms with Crippen molar-refractivity contribution in [2.75, 3.05) is 0 Å². The van der Waals surface area contributed by atoms with Gasteiger partial charge in [0.05, 0.1) is 5.92 Å². The second kappa shape index (κ2) is 4.39. The molecule has 0 amide bonds. The topological polar surface area (TPSA) is 34.1 Å². The van der Waals surface area contributed by atoms with Crippen molar-refractivity contribution in [2.24, 2.45) is 17.8 Å². The lowest BCUT2D eigenvalue weighted by Gasteiger charge is -2.18. The Morgan fingerprint density at radius 2 is 1.42 bits per heavy atom. The largest absolute Gasteiger partial charge is 0.299 e. The summed E-state index contributed by atoms with van der Waals surface area (Å²) in [5, 5.41) is 0. The van der Waals surface area contributed by atoms with Crippen LogP contribution in [0.5, 0.6) is 0 Å². The first-order chi connectivity index (χ1) is 5.37. The van der Waals surface area contributed by atoms with Crippen LogP contribution in [0.3, 0.4) is 0 Å². The van der Waals surface area contributed by atoms with Gasteiger partial charge in [-0.25, -0.2) is 0 Å². The molecular weight excluding hydrogens is 152 g/mol. The van der Waals surface area contributed by atoms with E-state index in [1.54, 1.807) is 0 Å². The smallest absolute Gasteiger partial charge is 0.146 e. The minimum Gasteiger partial charge on any atom is -0.299 e. The molecule has 1 atom stereocenters. The maximum atomic E-state index is 11.5. The van der Waals surface area contributed by atoms with Gasteiger partial charge in [0.1, 0.15) is 11.6 Å². The van der Waals surface area contributed by atoms with E-state index in [9.17, 15) is 9.59 Å². The van der Waals surface area contributed by atoms with Gasteiger partial charge in [-0.05, 0) is 12.8 Å². The maximum Gasteiger partial charge on any atom is 0.146 e. The molecule has 0 aromatic rings. The fourth-order valence-corrected chi connectivity index (χ4v) is 1.36. The summed E-state index contributed by atoms with van der Waals surface area (Å²) in [6, 6.07) is 0. The third-order valence-corrected chi connectivity index (χ3v) is 1.98. The Hall–Kier alpha value is -0.660. The van der Waals surface area contributed by atoms with Crippen molar-refractivity contribution in [3.8, 4) is 0 Å². The van der Waals surface area contributed by atoms with Crippen LogP contribution in [0.15, 0.2) is 0 Å². The Morgan fingerprint density at radius 3 is 1.50 bits per heavy atom. The van der Waals surface area contributed by atoms with Gasteiger partial charge in [0.15, 0.2) is 0 Å². The van der Waals surface area contributed by atoms with Crippen molar-refractivity contribution < 1.29 is 9.59 Å². The van der Waals surface area contributed by atoms with Crippen molar-refractivity contribution in [3.05, 3.63) is 0 Å². The Labute approximate surface area is 74.3 Å². The fourth-order valence-electron chi connectivity index (χ4n) is 1.36. The second-order valence-electron chi connectivity index (χ2n) is 3.89. The molecule has 0 saturated heterocycles. The summed E-state index contributed by atoms with van der Waals surface area (Å²) in [5.74, 6) is -0.259. The van der Waals surface area contributed by atoms with Gasteiger partial charge < -0.3 is 0 Å². The molecule has 0 spiro atoms. The molecule has 2 nitrogen and oxygen atoms in total. The first-order valence-electron chi connectivity index (χ1n) is 4.42. The van der Waals surface area contributed by atoms with Crippen molar-refractivity contribution >= 4 is 11.6 Å². The van der Waals surface area contributed by atoms with Crippen LogP contribution < -0.4 is 0 Å². The number of carbonyl (C=O) groups excluding carboxylic acids is 2.